The zero-order valence-electron chi connectivity index (χ0n) is 33.4. The Kier molecular flexibility index (Phi) is 17.2. The lowest BCUT2D eigenvalue weighted by Crippen LogP contribution is -1.80. The molecule has 6 rings (SSSR count). The van der Waals surface area contributed by atoms with Crippen molar-refractivity contribution in [2.45, 2.75) is 156 Å². The molecule has 0 radical (unpaired) electrons. The van der Waals surface area contributed by atoms with E-state index >= 15 is 0 Å². The summed E-state index contributed by atoms with van der Waals surface area (Å²) in [5.74, 6) is 0. The van der Waals surface area contributed by atoms with Crippen molar-refractivity contribution < 1.29 is 0 Å². The third-order valence-electron chi connectivity index (χ3n) is 10.4. The first kappa shape index (κ1) is 41.8. The number of aryl methyl sites for hydroxylation is 4. The van der Waals surface area contributed by atoms with Crippen molar-refractivity contribution >= 4 is 68.0 Å². The van der Waals surface area contributed by atoms with Gasteiger partial charge in [-0.2, -0.15) is 0 Å². The predicted molar refractivity (Wildman–Crippen MR) is 252 cm³/mol. The second-order valence-corrected chi connectivity index (χ2v) is 21.8. The molecule has 0 saturated heterocycles. The van der Waals surface area contributed by atoms with E-state index in [1.807, 2.05) is 68.0 Å². The van der Waals surface area contributed by atoms with Gasteiger partial charge in [0.25, 0.3) is 0 Å². The minimum atomic E-state index is 1.21. The zero-order valence-corrected chi connectivity index (χ0v) is 38.3. The molecule has 0 amide bonds. The molecule has 0 saturated carbocycles. The molecular weight excluding hydrogens is 769 g/mol. The van der Waals surface area contributed by atoms with Gasteiger partial charge in [-0.1, -0.05) is 105 Å². The summed E-state index contributed by atoms with van der Waals surface area (Å²) in [6.07, 6.45) is 26.0. The molecule has 6 heterocycles. The summed E-state index contributed by atoms with van der Waals surface area (Å²) in [6, 6.07) is 24.4. The van der Waals surface area contributed by atoms with Gasteiger partial charge in [0.05, 0.1) is 9.75 Å². The number of rotatable bonds is 25. The molecule has 0 aliphatic carbocycles. The van der Waals surface area contributed by atoms with Crippen LogP contribution in [-0.4, -0.2) is 0 Å². The van der Waals surface area contributed by atoms with Crippen LogP contribution >= 0.6 is 68.0 Å². The molecule has 0 nitrogen and oxygen atoms in total. The summed E-state index contributed by atoms with van der Waals surface area (Å²) in [5.41, 5.74) is 2.87. The van der Waals surface area contributed by atoms with Gasteiger partial charge in [0, 0.05) is 59.9 Å². The third kappa shape index (κ3) is 11.6. The van der Waals surface area contributed by atoms with Crippen LogP contribution in [0.1, 0.15) is 150 Å². The van der Waals surface area contributed by atoms with Crippen LogP contribution in [0.5, 0.6) is 0 Å². The van der Waals surface area contributed by atoms with Crippen molar-refractivity contribution in [2.24, 2.45) is 0 Å². The van der Waals surface area contributed by atoms with Gasteiger partial charge < -0.3 is 0 Å². The van der Waals surface area contributed by atoms with Gasteiger partial charge in [0.15, 0.2) is 0 Å². The first-order chi connectivity index (χ1) is 26.6. The van der Waals surface area contributed by atoms with Crippen LogP contribution < -0.4 is 0 Å². The molecule has 0 aromatic carbocycles. The van der Waals surface area contributed by atoms with E-state index in [4.69, 9.17) is 0 Å². The lowest BCUT2D eigenvalue weighted by atomic mass is 10.1. The normalized spacial score (nSPS) is 11.7. The van der Waals surface area contributed by atoms with E-state index in [9.17, 15) is 0 Å². The predicted octanol–water partition coefficient (Wildman–Crippen LogP) is 18.9. The van der Waals surface area contributed by atoms with Gasteiger partial charge in [-0.25, -0.2) is 0 Å². The second-order valence-electron chi connectivity index (χ2n) is 15.0. The van der Waals surface area contributed by atoms with E-state index in [1.165, 1.54) is 198 Å². The van der Waals surface area contributed by atoms with Crippen LogP contribution in [0.15, 0.2) is 60.7 Å². The van der Waals surface area contributed by atoms with Crippen molar-refractivity contribution in [3.05, 3.63) is 80.2 Å². The van der Waals surface area contributed by atoms with Crippen molar-refractivity contribution in [1.29, 1.82) is 0 Å². The molecular formula is C48H62S6. The molecule has 0 fully saturated rings. The molecule has 0 unspecified atom stereocenters. The molecule has 0 spiro atoms. The first-order valence-electron chi connectivity index (χ1n) is 21.2. The van der Waals surface area contributed by atoms with Gasteiger partial charge in [0.2, 0.25) is 0 Å². The summed E-state index contributed by atoms with van der Waals surface area (Å²) < 4.78 is 0. The van der Waals surface area contributed by atoms with Gasteiger partial charge in [-0.15, -0.1) is 68.0 Å². The summed E-state index contributed by atoms with van der Waals surface area (Å²) in [7, 11) is 0. The maximum atomic E-state index is 2.55. The molecule has 0 N–H and O–H groups in total. The van der Waals surface area contributed by atoms with E-state index in [0.717, 1.165) is 0 Å². The van der Waals surface area contributed by atoms with Crippen molar-refractivity contribution in [1.82, 2.24) is 0 Å². The minimum Gasteiger partial charge on any atom is -0.140 e. The first-order valence-corrected chi connectivity index (χ1v) is 26.1. The van der Waals surface area contributed by atoms with E-state index in [-0.39, 0.29) is 0 Å². The lowest BCUT2D eigenvalue weighted by molar-refractivity contribution is 0.670. The van der Waals surface area contributed by atoms with Crippen LogP contribution in [0.25, 0.3) is 50.1 Å². The highest BCUT2D eigenvalue weighted by atomic mass is 32.1. The quantitative estimate of drug-likeness (QED) is 0.0504. The van der Waals surface area contributed by atoms with Crippen LogP contribution in [0.2, 0.25) is 0 Å². The monoisotopic (exact) mass is 830 g/mol. The maximum absolute atomic E-state index is 2.55. The minimum absolute atomic E-state index is 1.21. The molecule has 6 aromatic rings. The van der Waals surface area contributed by atoms with E-state index in [1.54, 1.807) is 0 Å². The van der Waals surface area contributed by atoms with E-state index < -0.39 is 0 Å². The van der Waals surface area contributed by atoms with Gasteiger partial charge in [0.1, 0.15) is 0 Å². The van der Waals surface area contributed by atoms with E-state index in [0.29, 0.717) is 0 Å². The van der Waals surface area contributed by atoms with Crippen molar-refractivity contribution in [2.75, 3.05) is 0 Å². The Morgan fingerprint density at radius 1 is 0.296 bits per heavy atom. The number of unbranched alkanes of at least 4 members (excludes halogenated alkanes) is 12. The Hall–Kier alpha value is -1.80. The fraction of sp³-hybridized carbons (Fsp3) is 0.500. The number of thiophene rings is 6. The Labute approximate surface area is 351 Å². The molecule has 0 aliphatic rings. The average Bonchev–Trinajstić information content (AvgIpc) is 4.03. The van der Waals surface area contributed by atoms with Crippen LogP contribution in [-0.2, 0) is 25.7 Å². The van der Waals surface area contributed by atoms with Crippen LogP contribution in [0, 0.1) is 0 Å². The molecule has 0 atom stereocenters. The molecule has 290 valence electrons. The summed E-state index contributed by atoms with van der Waals surface area (Å²) in [5, 5.41) is 0. The zero-order chi connectivity index (χ0) is 37.5. The second kappa shape index (κ2) is 22.2. The molecule has 0 bridgehead atoms. The molecule has 6 aromatic heterocycles. The van der Waals surface area contributed by atoms with Gasteiger partial charge in [-0.3, -0.25) is 0 Å². The van der Waals surface area contributed by atoms with E-state index in [2.05, 4.69) is 88.4 Å². The summed E-state index contributed by atoms with van der Waals surface area (Å²) >= 11 is 12.2. The average molecular weight is 831 g/mol. The van der Waals surface area contributed by atoms with Gasteiger partial charge >= 0.3 is 0 Å². The summed E-state index contributed by atoms with van der Waals surface area (Å²) in [6.45, 7) is 9.22. The molecule has 54 heavy (non-hydrogen) atoms. The van der Waals surface area contributed by atoms with Crippen LogP contribution in [0.3, 0.4) is 0 Å². The largest absolute Gasteiger partial charge is 0.140 e. The Morgan fingerprint density at radius 2 is 0.593 bits per heavy atom. The fourth-order valence-corrected chi connectivity index (χ4v) is 14.3. The lowest BCUT2D eigenvalue weighted by Gasteiger charge is -2.00. The standard InChI is InChI=1S/C48H62S6/c1-5-9-13-17-21-35-25-29-41(49-35)39-33-45(53-47(39)43-31-27-37(51-43)23-19-15-11-7-3)46-34-40(42-30-26-36(50-42)22-18-14-10-6-2)48(54-46)44-32-28-38(52-44)24-20-16-12-8-4/h25-34H,5-24H2,1-4H3. The molecule has 0 aliphatic heterocycles. The Morgan fingerprint density at radius 3 is 0.907 bits per heavy atom. The fourth-order valence-electron chi connectivity index (χ4n) is 7.24. The topological polar surface area (TPSA) is 0 Å². The van der Waals surface area contributed by atoms with Gasteiger partial charge in [-0.05, 0) is 112 Å². The highest BCUT2D eigenvalue weighted by Gasteiger charge is 2.22. The number of hydrogen-bond acceptors (Lipinski definition) is 6. The third-order valence-corrected chi connectivity index (χ3v) is 17.9. The van der Waals surface area contributed by atoms with Crippen LogP contribution in [0.4, 0.5) is 0 Å². The number of hydrogen-bond donors (Lipinski definition) is 0. The SMILES string of the molecule is CCCCCCc1ccc(-c2cc(-c3cc(-c4ccc(CCCCCC)s4)c(-c4ccc(CCCCCC)s4)s3)sc2-c2ccc(CCCCCC)s2)s1. The highest BCUT2D eigenvalue weighted by molar-refractivity contribution is 7.29. The van der Waals surface area contributed by atoms with Crippen molar-refractivity contribution in [3.63, 3.8) is 0 Å². The Bertz CT molecular complexity index is 1670. The smallest absolute Gasteiger partial charge is 0.0536 e. The van der Waals surface area contributed by atoms with Crippen molar-refractivity contribution in [3.8, 4) is 50.1 Å². The maximum Gasteiger partial charge on any atom is 0.0536 e. The highest BCUT2D eigenvalue weighted by Crippen LogP contribution is 2.52. The Balaban J connectivity index is 1.35. The summed E-state index contributed by atoms with van der Waals surface area (Å²) in [4.78, 5) is 17.7. The molecule has 6 heteroatoms.